The van der Waals surface area contributed by atoms with Gasteiger partial charge in [0.25, 0.3) is 0 Å². The Morgan fingerprint density at radius 3 is 2.50 bits per heavy atom. The highest BCUT2D eigenvalue weighted by Crippen LogP contribution is 2.42. The van der Waals surface area contributed by atoms with Crippen LogP contribution >= 0.6 is 0 Å². The second-order valence-corrected chi connectivity index (χ2v) is 5.75. The lowest BCUT2D eigenvalue weighted by atomic mass is 9.64. The summed E-state index contributed by atoms with van der Waals surface area (Å²) >= 11 is 0. The van der Waals surface area contributed by atoms with Crippen molar-refractivity contribution in [2.24, 2.45) is 11.1 Å². The zero-order valence-electron chi connectivity index (χ0n) is 11.0. The van der Waals surface area contributed by atoms with Gasteiger partial charge in [0.2, 0.25) is 5.91 Å². The van der Waals surface area contributed by atoms with Gasteiger partial charge in [-0.3, -0.25) is 4.79 Å². The minimum atomic E-state index is -0.813. The minimum absolute atomic E-state index is 0.00306. The van der Waals surface area contributed by atoms with Crippen molar-refractivity contribution < 1.29 is 9.53 Å². The van der Waals surface area contributed by atoms with Gasteiger partial charge in [-0.25, -0.2) is 0 Å². The zero-order chi connectivity index (χ0) is 12.6. The predicted molar refractivity (Wildman–Crippen MR) is 64.0 cm³/mol. The van der Waals surface area contributed by atoms with Crippen molar-refractivity contribution in [1.82, 2.24) is 5.32 Å². The molecule has 0 spiro atoms. The van der Waals surface area contributed by atoms with E-state index in [4.69, 9.17) is 10.5 Å². The molecular weight excluding hydrogens is 204 g/mol. The Hall–Kier alpha value is -0.610. The highest BCUT2D eigenvalue weighted by atomic mass is 16.5. The lowest BCUT2D eigenvalue weighted by Gasteiger charge is -2.52. The van der Waals surface area contributed by atoms with Crippen LogP contribution in [0.2, 0.25) is 0 Å². The first-order valence-corrected chi connectivity index (χ1v) is 5.91. The van der Waals surface area contributed by atoms with Crippen LogP contribution in [0.15, 0.2) is 0 Å². The molecule has 0 radical (unpaired) electrons. The second kappa shape index (κ2) is 4.34. The second-order valence-electron chi connectivity index (χ2n) is 5.75. The molecule has 0 aromatic rings. The fourth-order valence-corrected chi connectivity index (χ4v) is 1.96. The van der Waals surface area contributed by atoms with Gasteiger partial charge in [-0.05, 0) is 27.2 Å². The average molecular weight is 228 g/mol. The summed E-state index contributed by atoms with van der Waals surface area (Å²) in [5, 5.41) is 2.99. The molecular formula is C12H24N2O2. The number of nitrogens with one attached hydrogen (secondary N) is 1. The van der Waals surface area contributed by atoms with Crippen molar-refractivity contribution in [3.05, 3.63) is 0 Å². The standard InChI is InChI=1S/C12H24N2O2/c1-6-16-9-7-8(11(9,2)3)14-10(15)12(4,5)13/h8-9H,6-7,13H2,1-5H3,(H,14,15). The van der Waals surface area contributed by atoms with Crippen LogP contribution in [-0.4, -0.2) is 30.2 Å². The first-order chi connectivity index (χ1) is 7.19. The summed E-state index contributed by atoms with van der Waals surface area (Å²) in [5.41, 5.74) is 4.93. The van der Waals surface area contributed by atoms with Crippen molar-refractivity contribution in [3.8, 4) is 0 Å². The molecule has 16 heavy (non-hydrogen) atoms. The summed E-state index contributed by atoms with van der Waals surface area (Å²) in [4.78, 5) is 11.7. The lowest BCUT2D eigenvalue weighted by Crippen LogP contribution is -2.65. The smallest absolute Gasteiger partial charge is 0.239 e. The van der Waals surface area contributed by atoms with Gasteiger partial charge in [0.05, 0.1) is 11.6 Å². The van der Waals surface area contributed by atoms with E-state index < -0.39 is 5.54 Å². The maximum absolute atomic E-state index is 11.7. The van der Waals surface area contributed by atoms with Crippen LogP contribution in [0, 0.1) is 5.41 Å². The summed E-state index contributed by atoms with van der Waals surface area (Å²) in [5.74, 6) is -0.0967. The molecule has 1 fully saturated rings. The minimum Gasteiger partial charge on any atom is -0.378 e. The van der Waals surface area contributed by atoms with E-state index in [1.165, 1.54) is 0 Å². The van der Waals surface area contributed by atoms with Crippen LogP contribution in [0.4, 0.5) is 0 Å². The molecule has 1 aliphatic rings. The van der Waals surface area contributed by atoms with E-state index in [1.54, 1.807) is 13.8 Å². The third-order valence-corrected chi connectivity index (χ3v) is 3.44. The van der Waals surface area contributed by atoms with E-state index in [0.717, 1.165) is 13.0 Å². The molecule has 1 rings (SSSR count). The van der Waals surface area contributed by atoms with E-state index in [0.29, 0.717) is 0 Å². The van der Waals surface area contributed by atoms with Gasteiger partial charge in [0.1, 0.15) is 0 Å². The molecule has 1 saturated carbocycles. The van der Waals surface area contributed by atoms with Gasteiger partial charge in [-0.15, -0.1) is 0 Å². The van der Waals surface area contributed by atoms with E-state index in [2.05, 4.69) is 19.2 Å². The molecule has 0 heterocycles. The number of carbonyl (C=O) groups excluding carboxylic acids is 1. The van der Waals surface area contributed by atoms with Crippen LogP contribution in [0.5, 0.6) is 0 Å². The highest BCUT2D eigenvalue weighted by molar-refractivity contribution is 5.85. The molecule has 0 aromatic carbocycles. The lowest BCUT2D eigenvalue weighted by molar-refractivity contribution is -0.139. The number of amides is 1. The van der Waals surface area contributed by atoms with Gasteiger partial charge < -0.3 is 15.8 Å². The van der Waals surface area contributed by atoms with Gasteiger partial charge in [-0.1, -0.05) is 13.8 Å². The number of hydrogen-bond acceptors (Lipinski definition) is 3. The number of hydrogen-bond donors (Lipinski definition) is 2. The largest absolute Gasteiger partial charge is 0.378 e. The fourth-order valence-electron chi connectivity index (χ4n) is 1.96. The number of carbonyl (C=O) groups is 1. The van der Waals surface area contributed by atoms with Gasteiger partial charge in [0, 0.05) is 18.1 Å². The molecule has 1 aliphatic carbocycles. The number of rotatable bonds is 4. The SMILES string of the molecule is CCOC1CC(NC(=O)C(C)(C)N)C1(C)C. The van der Waals surface area contributed by atoms with Crippen molar-refractivity contribution in [1.29, 1.82) is 0 Å². The first kappa shape index (κ1) is 13.5. The van der Waals surface area contributed by atoms with Crippen molar-refractivity contribution in [2.75, 3.05) is 6.61 Å². The molecule has 0 bridgehead atoms. The molecule has 4 nitrogen and oxygen atoms in total. The molecule has 2 unspecified atom stereocenters. The van der Waals surface area contributed by atoms with Crippen molar-refractivity contribution >= 4 is 5.91 Å². The third-order valence-electron chi connectivity index (χ3n) is 3.44. The van der Waals surface area contributed by atoms with E-state index in [-0.39, 0.29) is 23.5 Å². The quantitative estimate of drug-likeness (QED) is 0.755. The molecule has 2 atom stereocenters. The molecule has 4 heteroatoms. The van der Waals surface area contributed by atoms with Crippen LogP contribution in [-0.2, 0) is 9.53 Å². The van der Waals surface area contributed by atoms with E-state index >= 15 is 0 Å². The predicted octanol–water partition coefficient (Wildman–Crippen LogP) is 1.04. The summed E-state index contributed by atoms with van der Waals surface area (Å²) < 4.78 is 5.61. The summed E-state index contributed by atoms with van der Waals surface area (Å²) in [6.45, 7) is 10.4. The summed E-state index contributed by atoms with van der Waals surface area (Å²) in [6.07, 6.45) is 1.12. The monoisotopic (exact) mass is 228 g/mol. The Bertz CT molecular complexity index is 269. The Morgan fingerprint density at radius 2 is 2.12 bits per heavy atom. The van der Waals surface area contributed by atoms with Crippen LogP contribution in [0.3, 0.4) is 0 Å². The maximum atomic E-state index is 11.7. The van der Waals surface area contributed by atoms with Crippen molar-refractivity contribution in [2.45, 2.75) is 58.7 Å². The summed E-state index contributed by atoms with van der Waals surface area (Å²) in [6, 6.07) is 0.166. The molecule has 3 N–H and O–H groups in total. The van der Waals surface area contributed by atoms with Crippen LogP contribution in [0.1, 0.15) is 41.0 Å². The van der Waals surface area contributed by atoms with Gasteiger partial charge in [-0.2, -0.15) is 0 Å². The fraction of sp³-hybridized carbons (Fsp3) is 0.917. The molecule has 94 valence electrons. The normalized spacial score (nSPS) is 28.4. The van der Waals surface area contributed by atoms with Gasteiger partial charge >= 0.3 is 0 Å². The number of ether oxygens (including phenoxy) is 1. The maximum Gasteiger partial charge on any atom is 0.239 e. The summed E-state index contributed by atoms with van der Waals surface area (Å²) in [7, 11) is 0. The van der Waals surface area contributed by atoms with Crippen LogP contribution in [0.25, 0.3) is 0 Å². The number of nitrogens with two attached hydrogens (primary N) is 1. The third kappa shape index (κ3) is 2.55. The highest BCUT2D eigenvalue weighted by Gasteiger charge is 2.50. The Kier molecular flexibility index (Phi) is 3.65. The molecule has 0 aromatic heterocycles. The van der Waals surface area contributed by atoms with E-state index in [9.17, 15) is 4.79 Å². The first-order valence-electron chi connectivity index (χ1n) is 5.91. The Labute approximate surface area is 97.9 Å². The zero-order valence-corrected chi connectivity index (χ0v) is 11.0. The molecule has 1 amide bonds. The Balaban J connectivity index is 2.51. The van der Waals surface area contributed by atoms with Crippen LogP contribution < -0.4 is 11.1 Å². The topological polar surface area (TPSA) is 64.3 Å². The van der Waals surface area contributed by atoms with Crippen molar-refractivity contribution in [3.63, 3.8) is 0 Å². The average Bonchev–Trinajstić information content (AvgIpc) is 2.14. The molecule has 0 saturated heterocycles. The van der Waals surface area contributed by atoms with Gasteiger partial charge in [0.15, 0.2) is 0 Å². The van der Waals surface area contributed by atoms with E-state index in [1.807, 2.05) is 6.92 Å². The molecule has 0 aliphatic heterocycles. The Morgan fingerprint density at radius 1 is 1.56 bits per heavy atom.